The van der Waals surface area contributed by atoms with E-state index in [4.69, 9.17) is 23.7 Å². The van der Waals surface area contributed by atoms with Gasteiger partial charge in [0.2, 0.25) is 0 Å². The zero-order valence-electron chi connectivity index (χ0n) is 22.7. The Bertz CT molecular complexity index is 1720. The van der Waals surface area contributed by atoms with Crippen LogP contribution in [-0.2, 0) is 0 Å². The normalized spacial score (nSPS) is 10.6. The van der Waals surface area contributed by atoms with E-state index in [9.17, 15) is 8.78 Å². The molecule has 0 N–H and O–H groups in total. The Morgan fingerprint density at radius 2 is 0.535 bits per heavy atom. The summed E-state index contributed by atoms with van der Waals surface area (Å²) in [5, 5.41) is 0. The summed E-state index contributed by atoms with van der Waals surface area (Å²) in [4.78, 5) is 0. The molecule has 0 saturated heterocycles. The van der Waals surface area contributed by atoms with E-state index in [1.807, 2.05) is 24.3 Å². The lowest BCUT2D eigenvalue weighted by Crippen LogP contribution is -1.91. The quantitative estimate of drug-likeness (QED) is 0.163. The van der Waals surface area contributed by atoms with Crippen molar-refractivity contribution in [2.75, 3.05) is 0 Å². The third-order valence-corrected chi connectivity index (χ3v) is 6.06. The van der Waals surface area contributed by atoms with Gasteiger partial charge in [-0.25, -0.2) is 8.78 Å². The first-order valence-corrected chi connectivity index (χ1v) is 13.4. The lowest BCUT2D eigenvalue weighted by Gasteiger charge is -2.12. The topological polar surface area (TPSA) is 46.2 Å². The average molecular weight is 575 g/mol. The molecule has 6 aromatic carbocycles. The number of hydrogen-bond acceptors (Lipinski definition) is 5. The summed E-state index contributed by atoms with van der Waals surface area (Å²) >= 11 is 0. The zero-order valence-corrected chi connectivity index (χ0v) is 22.7. The lowest BCUT2D eigenvalue weighted by molar-refractivity contribution is 0.431. The van der Waals surface area contributed by atoms with E-state index in [1.54, 1.807) is 109 Å². The van der Waals surface area contributed by atoms with Gasteiger partial charge in [0.25, 0.3) is 0 Å². The maximum absolute atomic E-state index is 14.0. The monoisotopic (exact) mass is 574 g/mol. The third-order valence-electron chi connectivity index (χ3n) is 6.06. The summed E-state index contributed by atoms with van der Waals surface area (Å²) < 4.78 is 57.4. The van der Waals surface area contributed by atoms with Crippen LogP contribution < -0.4 is 23.7 Å². The molecule has 0 fully saturated rings. The van der Waals surface area contributed by atoms with Crippen LogP contribution in [0.2, 0.25) is 0 Å². The highest BCUT2D eigenvalue weighted by molar-refractivity contribution is 5.45. The van der Waals surface area contributed by atoms with Gasteiger partial charge in [-0.15, -0.1) is 0 Å². The Hall–Kier alpha value is -5.82. The highest BCUT2D eigenvalue weighted by Gasteiger charge is 2.09. The van der Waals surface area contributed by atoms with Crippen molar-refractivity contribution in [3.63, 3.8) is 0 Å². The SMILES string of the molecule is Fc1ccccc1Oc1cccc(Oc2cccc(Oc3cccc(Oc4cccc(Oc5ccccc5F)c4)c3)c2)c1. The maximum atomic E-state index is 14.0. The highest BCUT2D eigenvalue weighted by atomic mass is 19.1. The van der Waals surface area contributed by atoms with E-state index in [0.29, 0.717) is 46.0 Å². The summed E-state index contributed by atoms with van der Waals surface area (Å²) in [6, 6.07) is 40.6. The van der Waals surface area contributed by atoms with E-state index < -0.39 is 11.6 Å². The molecular weight excluding hydrogens is 550 g/mol. The van der Waals surface area contributed by atoms with Gasteiger partial charge in [-0.2, -0.15) is 0 Å². The number of halogens is 2. The molecule has 6 rings (SSSR count). The van der Waals surface area contributed by atoms with Gasteiger partial charge in [0.1, 0.15) is 46.0 Å². The third kappa shape index (κ3) is 7.28. The molecule has 7 heteroatoms. The highest BCUT2D eigenvalue weighted by Crippen LogP contribution is 2.34. The number of hydrogen-bond donors (Lipinski definition) is 0. The van der Waals surface area contributed by atoms with Crippen molar-refractivity contribution in [2.45, 2.75) is 0 Å². The van der Waals surface area contributed by atoms with Crippen molar-refractivity contribution < 1.29 is 32.5 Å². The van der Waals surface area contributed by atoms with Crippen LogP contribution in [0.5, 0.6) is 57.5 Å². The summed E-state index contributed by atoms with van der Waals surface area (Å²) in [6.07, 6.45) is 0. The number of para-hydroxylation sites is 2. The first-order valence-electron chi connectivity index (χ1n) is 13.4. The molecule has 0 unspecified atom stereocenters. The van der Waals surface area contributed by atoms with Crippen molar-refractivity contribution in [3.8, 4) is 57.5 Å². The fraction of sp³-hybridized carbons (Fsp3) is 0. The molecule has 212 valence electrons. The van der Waals surface area contributed by atoms with Gasteiger partial charge in [0, 0.05) is 24.3 Å². The Morgan fingerprint density at radius 1 is 0.279 bits per heavy atom. The second kappa shape index (κ2) is 12.8. The molecule has 43 heavy (non-hydrogen) atoms. The van der Waals surface area contributed by atoms with E-state index >= 15 is 0 Å². The minimum atomic E-state index is -0.449. The molecule has 0 amide bonds. The van der Waals surface area contributed by atoms with Crippen LogP contribution in [0.4, 0.5) is 8.78 Å². The van der Waals surface area contributed by atoms with Crippen molar-refractivity contribution in [1.82, 2.24) is 0 Å². The molecule has 5 nitrogen and oxygen atoms in total. The molecule has 0 aliphatic heterocycles. The number of rotatable bonds is 10. The van der Waals surface area contributed by atoms with Gasteiger partial charge in [-0.1, -0.05) is 48.5 Å². The van der Waals surface area contributed by atoms with Gasteiger partial charge in [-0.05, 0) is 72.8 Å². The van der Waals surface area contributed by atoms with Crippen LogP contribution in [0, 0.1) is 11.6 Å². The van der Waals surface area contributed by atoms with Gasteiger partial charge < -0.3 is 23.7 Å². The minimum absolute atomic E-state index is 0.130. The van der Waals surface area contributed by atoms with Gasteiger partial charge in [-0.3, -0.25) is 0 Å². The molecule has 6 aromatic rings. The Kier molecular flexibility index (Phi) is 8.13. The maximum Gasteiger partial charge on any atom is 0.165 e. The van der Waals surface area contributed by atoms with Gasteiger partial charge >= 0.3 is 0 Å². The van der Waals surface area contributed by atoms with Crippen molar-refractivity contribution in [1.29, 1.82) is 0 Å². The van der Waals surface area contributed by atoms with Crippen LogP contribution in [0.25, 0.3) is 0 Å². The van der Waals surface area contributed by atoms with Crippen LogP contribution in [-0.4, -0.2) is 0 Å². The van der Waals surface area contributed by atoms with E-state index in [0.717, 1.165) is 0 Å². The predicted octanol–water partition coefficient (Wildman–Crippen LogP) is 10.9. The smallest absolute Gasteiger partial charge is 0.165 e. The second-order valence-corrected chi connectivity index (χ2v) is 9.27. The van der Waals surface area contributed by atoms with E-state index in [-0.39, 0.29) is 11.5 Å². The fourth-order valence-corrected chi connectivity index (χ4v) is 4.12. The molecule has 0 aliphatic carbocycles. The number of ether oxygens (including phenoxy) is 5. The first-order chi connectivity index (χ1) is 21.1. The predicted molar refractivity (Wildman–Crippen MR) is 159 cm³/mol. The summed E-state index contributed by atoms with van der Waals surface area (Å²) in [5.74, 6) is 3.46. The largest absolute Gasteiger partial charge is 0.457 e. The molecule has 0 aromatic heterocycles. The average Bonchev–Trinajstić information content (AvgIpc) is 3.00. The van der Waals surface area contributed by atoms with E-state index in [1.165, 1.54) is 12.1 Å². The molecule has 0 saturated carbocycles. The molecule has 0 radical (unpaired) electrons. The molecule has 0 heterocycles. The summed E-state index contributed by atoms with van der Waals surface area (Å²) in [7, 11) is 0. The molecule has 0 bridgehead atoms. The lowest BCUT2D eigenvalue weighted by atomic mass is 10.3. The molecule has 0 atom stereocenters. The Morgan fingerprint density at radius 3 is 0.814 bits per heavy atom. The van der Waals surface area contributed by atoms with Crippen LogP contribution in [0.1, 0.15) is 0 Å². The zero-order chi connectivity index (χ0) is 29.4. The van der Waals surface area contributed by atoms with Crippen molar-refractivity contribution in [3.05, 3.63) is 157 Å². The summed E-state index contributed by atoms with van der Waals surface area (Å²) in [5.41, 5.74) is 0. The van der Waals surface area contributed by atoms with Crippen LogP contribution in [0.15, 0.2) is 146 Å². The fourth-order valence-electron chi connectivity index (χ4n) is 4.12. The molecular formula is C36H24F2O5. The van der Waals surface area contributed by atoms with Crippen molar-refractivity contribution in [2.24, 2.45) is 0 Å². The standard InChI is InChI=1S/C36H24F2O5/c37-33-17-1-3-19-35(33)42-31-15-7-13-29(23-31)40-27-11-5-9-25(21-27)39-26-10-6-12-28(22-26)41-30-14-8-16-32(24-30)43-36-20-4-2-18-34(36)38/h1-24H. The molecule has 0 aliphatic rings. The first kappa shape index (κ1) is 27.4. The summed E-state index contributed by atoms with van der Waals surface area (Å²) in [6.45, 7) is 0. The van der Waals surface area contributed by atoms with Gasteiger partial charge in [0.05, 0.1) is 0 Å². The Balaban J connectivity index is 1.11. The Labute approximate surface area is 247 Å². The van der Waals surface area contributed by atoms with E-state index in [2.05, 4.69) is 0 Å². The molecule has 0 spiro atoms. The van der Waals surface area contributed by atoms with Gasteiger partial charge in [0.15, 0.2) is 23.1 Å². The van der Waals surface area contributed by atoms with Crippen LogP contribution in [0.3, 0.4) is 0 Å². The minimum Gasteiger partial charge on any atom is -0.457 e. The number of benzene rings is 6. The van der Waals surface area contributed by atoms with Crippen molar-refractivity contribution >= 4 is 0 Å². The second-order valence-electron chi connectivity index (χ2n) is 9.27. The van der Waals surface area contributed by atoms with Crippen LogP contribution >= 0.6 is 0 Å².